The topological polar surface area (TPSA) is 98.9 Å². The highest BCUT2D eigenvalue weighted by atomic mass is 16.5. The fraction of sp³-hybridized carbons (Fsp3) is 0.667. The summed E-state index contributed by atoms with van der Waals surface area (Å²) in [6.45, 7) is 5.77. The molecule has 0 aliphatic heterocycles. The first-order chi connectivity index (χ1) is 10.5. The third kappa shape index (κ3) is 9.93. The van der Waals surface area contributed by atoms with Crippen LogP contribution in [0.1, 0.15) is 39.0 Å². The number of carbonyl (C=O) groups is 3. The van der Waals surface area contributed by atoms with Crippen molar-refractivity contribution in [3.63, 3.8) is 0 Å². The van der Waals surface area contributed by atoms with E-state index in [2.05, 4.69) is 11.3 Å². The van der Waals surface area contributed by atoms with Crippen LogP contribution in [0.15, 0.2) is 12.8 Å². The Hall–Kier alpha value is -1.89. The SMILES string of the molecule is C=COC(=O)CCN(CC(=O)OCC)C(=O)CCCCCN. The molecule has 7 heteroatoms. The van der Waals surface area contributed by atoms with Gasteiger partial charge in [0.2, 0.25) is 5.91 Å². The van der Waals surface area contributed by atoms with Crippen LogP contribution < -0.4 is 5.73 Å². The fourth-order valence-corrected chi connectivity index (χ4v) is 1.79. The Morgan fingerprint density at radius 1 is 1.14 bits per heavy atom. The van der Waals surface area contributed by atoms with E-state index in [9.17, 15) is 14.4 Å². The van der Waals surface area contributed by atoms with Gasteiger partial charge >= 0.3 is 11.9 Å². The lowest BCUT2D eigenvalue weighted by atomic mass is 10.1. The molecule has 0 spiro atoms. The van der Waals surface area contributed by atoms with Gasteiger partial charge in [-0.3, -0.25) is 14.4 Å². The number of amides is 1. The second-order valence-corrected chi connectivity index (χ2v) is 4.63. The van der Waals surface area contributed by atoms with E-state index in [1.807, 2.05) is 0 Å². The van der Waals surface area contributed by atoms with Crippen molar-refractivity contribution in [3.8, 4) is 0 Å². The lowest BCUT2D eigenvalue weighted by Gasteiger charge is -2.21. The molecule has 0 aromatic carbocycles. The minimum Gasteiger partial charge on any atom is -0.465 e. The second kappa shape index (κ2) is 12.8. The Bertz CT molecular complexity index is 371. The molecule has 126 valence electrons. The molecule has 0 unspecified atom stereocenters. The van der Waals surface area contributed by atoms with E-state index in [0.29, 0.717) is 19.4 Å². The van der Waals surface area contributed by atoms with Crippen molar-refractivity contribution in [2.75, 3.05) is 26.2 Å². The van der Waals surface area contributed by atoms with E-state index in [1.54, 1.807) is 6.92 Å². The van der Waals surface area contributed by atoms with Crippen molar-refractivity contribution in [2.45, 2.75) is 39.0 Å². The molecule has 0 fully saturated rings. The zero-order valence-corrected chi connectivity index (χ0v) is 13.2. The normalized spacial score (nSPS) is 9.91. The molecule has 0 saturated carbocycles. The van der Waals surface area contributed by atoms with Crippen molar-refractivity contribution in [3.05, 3.63) is 12.8 Å². The molecule has 0 radical (unpaired) electrons. The zero-order chi connectivity index (χ0) is 16.8. The van der Waals surface area contributed by atoms with Crippen LogP contribution in [0.4, 0.5) is 0 Å². The molecule has 0 heterocycles. The molecular weight excluding hydrogens is 288 g/mol. The molecule has 0 aliphatic carbocycles. The summed E-state index contributed by atoms with van der Waals surface area (Å²) in [5, 5.41) is 0. The second-order valence-electron chi connectivity index (χ2n) is 4.63. The molecule has 7 nitrogen and oxygen atoms in total. The van der Waals surface area contributed by atoms with Gasteiger partial charge in [0.15, 0.2) is 0 Å². The summed E-state index contributed by atoms with van der Waals surface area (Å²) in [7, 11) is 0. The maximum absolute atomic E-state index is 12.1. The van der Waals surface area contributed by atoms with Gasteiger partial charge in [-0.25, -0.2) is 0 Å². The predicted octanol–water partition coefficient (Wildman–Crippen LogP) is 0.974. The predicted molar refractivity (Wildman–Crippen MR) is 81.6 cm³/mol. The van der Waals surface area contributed by atoms with E-state index in [4.69, 9.17) is 10.5 Å². The van der Waals surface area contributed by atoms with Crippen molar-refractivity contribution in [1.29, 1.82) is 0 Å². The molecule has 2 N–H and O–H groups in total. The Morgan fingerprint density at radius 2 is 1.86 bits per heavy atom. The van der Waals surface area contributed by atoms with Crippen LogP contribution in [0.3, 0.4) is 0 Å². The van der Waals surface area contributed by atoms with Crippen LogP contribution in [0.25, 0.3) is 0 Å². The minimum atomic E-state index is -0.500. The summed E-state index contributed by atoms with van der Waals surface area (Å²) >= 11 is 0. The highest BCUT2D eigenvalue weighted by Crippen LogP contribution is 2.05. The van der Waals surface area contributed by atoms with Gasteiger partial charge in [0, 0.05) is 13.0 Å². The Kier molecular flexibility index (Phi) is 11.7. The zero-order valence-electron chi connectivity index (χ0n) is 13.2. The number of hydrogen-bond donors (Lipinski definition) is 1. The number of ether oxygens (including phenoxy) is 2. The Morgan fingerprint density at radius 3 is 2.45 bits per heavy atom. The van der Waals surface area contributed by atoms with Gasteiger partial charge in [0.05, 0.1) is 19.3 Å². The summed E-state index contributed by atoms with van der Waals surface area (Å²) in [6.07, 6.45) is 3.76. The number of carbonyl (C=O) groups excluding carboxylic acids is 3. The molecule has 0 atom stereocenters. The van der Waals surface area contributed by atoms with Crippen LogP contribution in [-0.4, -0.2) is 49.0 Å². The van der Waals surface area contributed by atoms with Gasteiger partial charge in [-0.15, -0.1) is 0 Å². The van der Waals surface area contributed by atoms with Crippen LogP contribution in [0, 0.1) is 0 Å². The average molecular weight is 314 g/mol. The summed E-state index contributed by atoms with van der Waals surface area (Å²) < 4.78 is 9.43. The first-order valence-corrected chi connectivity index (χ1v) is 7.49. The van der Waals surface area contributed by atoms with Crippen LogP contribution in [0.5, 0.6) is 0 Å². The van der Waals surface area contributed by atoms with Gasteiger partial charge in [0.25, 0.3) is 0 Å². The number of nitrogens with zero attached hydrogens (tertiary/aromatic N) is 1. The van der Waals surface area contributed by atoms with E-state index in [-0.39, 0.29) is 32.0 Å². The summed E-state index contributed by atoms with van der Waals surface area (Å²) in [4.78, 5) is 36.3. The van der Waals surface area contributed by atoms with Gasteiger partial charge in [0.1, 0.15) is 6.54 Å². The van der Waals surface area contributed by atoms with Crippen molar-refractivity contribution >= 4 is 17.8 Å². The molecule has 0 rings (SSSR count). The maximum Gasteiger partial charge on any atom is 0.325 e. The Balaban J connectivity index is 4.42. The smallest absolute Gasteiger partial charge is 0.325 e. The molecular formula is C15H26N2O5. The molecule has 0 saturated heterocycles. The van der Waals surface area contributed by atoms with Crippen molar-refractivity contribution in [2.24, 2.45) is 5.73 Å². The number of hydrogen-bond acceptors (Lipinski definition) is 6. The third-order valence-electron chi connectivity index (χ3n) is 2.87. The fourth-order valence-electron chi connectivity index (χ4n) is 1.79. The Labute approximate surface area is 131 Å². The standard InChI is InChI=1S/C15H26N2O5/c1-3-21-14(19)9-11-17(12-15(20)22-4-2)13(18)8-6-5-7-10-16/h3H,1,4-12,16H2,2H3. The molecule has 0 aliphatic rings. The van der Waals surface area contributed by atoms with E-state index < -0.39 is 11.9 Å². The van der Waals surface area contributed by atoms with E-state index in [0.717, 1.165) is 19.1 Å². The monoisotopic (exact) mass is 314 g/mol. The highest BCUT2D eigenvalue weighted by Gasteiger charge is 2.18. The number of unbranched alkanes of at least 4 members (excludes halogenated alkanes) is 2. The minimum absolute atomic E-state index is 0.0000347. The van der Waals surface area contributed by atoms with Crippen molar-refractivity contribution in [1.82, 2.24) is 4.90 Å². The molecule has 22 heavy (non-hydrogen) atoms. The first kappa shape index (κ1) is 20.1. The molecule has 0 bridgehead atoms. The van der Waals surface area contributed by atoms with Gasteiger partial charge in [-0.05, 0) is 26.3 Å². The van der Waals surface area contributed by atoms with Crippen LogP contribution in [0.2, 0.25) is 0 Å². The number of nitrogens with two attached hydrogens (primary N) is 1. The van der Waals surface area contributed by atoms with E-state index in [1.165, 1.54) is 4.90 Å². The molecule has 0 aromatic heterocycles. The summed E-state index contributed by atoms with van der Waals surface area (Å²) in [6, 6.07) is 0. The largest absolute Gasteiger partial charge is 0.465 e. The quantitative estimate of drug-likeness (QED) is 0.327. The van der Waals surface area contributed by atoms with Crippen LogP contribution in [-0.2, 0) is 23.9 Å². The average Bonchev–Trinajstić information content (AvgIpc) is 2.48. The van der Waals surface area contributed by atoms with Gasteiger partial charge < -0.3 is 20.1 Å². The molecule has 1 amide bonds. The number of rotatable bonds is 12. The molecule has 0 aromatic rings. The van der Waals surface area contributed by atoms with Crippen LogP contribution >= 0.6 is 0 Å². The highest BCUT2D eigenvalue weighted by molar-refractivity contribution is 5.82. The summed E-state index contributed by atoms with van der Waals surface area (Å²) in [5.74, 6) is -1.17. The number of esters is 2. The summed E-state index contributed by atoms with van der Waals surface area (Å²) in [5.41, 5.74) is 5.40. The lowest BCUT2D eigenvalue weighted by Crippen LogP contribution is -2.38. The first-order valence-electron chi connectivity index (χ1n) is 7.49. The lowest BCUT2D eigenvalue weighted by molar-refractivity contribution is -0.150. The maximum atomic E-state index is 12.1. The van der Waals surface area contributed by atoms with Gasteiger partial charge in [-0.2, -0.15) is 0 Å². The van der Waals surface area contributed by atoms with E-state index >= 15 is 0 Å². The van der Waals surface area contributed by atoms with Crippen molar-refractivity contribution < 1.29 is 23.9 Å². The van der Waals surface area contributed by atoms with Gasteiger partial charge in [-0.1, -0.05) is 13.0 Å². The third-order valence-corrected chi connectivity index (χ3v) is 2.87.